The minimum absolute atomic E-state index is 0.0310. The summed E-state index contributed by atoms with van der Waals surface area (Å²) in [4.78, 5) is 11.9. The lowest BCUT2D eigenvalue weighted by atomic mass is 10.1. The molecule has 2 aromatic rings. The van der Waals surface area contributed by atoms with Gasteiger partial charge in [0.1, 0.15) is 6.61 Å². The molecule has 5 heteroatoms. The van der Waals surface area contributed by atoms with Crippen molar-refractivity contribution in [1.82, 2.24) is 0 Å². The molecule has 0 aromatic heterocycles. The number of nitrogens with zero attached hydrogens (tertiary/aromatic N) is 1. The fraction of sp³-hybridized carbons (Fsp3) is 0.200. The number of carbonyl (C=O) groups excluding carboxylic acids is 1. The molecule has 0 radical (unpaired) electrons. The molecular weight excluding hydrogens is 318 g/mol. The van der Waals surface area contributed by atoms with E-state index in [9.17, 15) is 4.79 Å². The molecule has 0 aliphatic carbocycles. The van der Waals surface area contributed by atoms with Crippen LogP contribution in [0.2, 0.25) is 0 Å². The Balaban J connectivity index is 1.93. The summed E-state index contributed by atoms with van der Waals surface area (Å²) >= 11 is 0. The minimum Gasteiger partial charge on any atom is -0.493 e. The van der Waals surface area contributed by atoms with Crippen LogP contribution in [0.25, 0.3) is 6.08 Å². The van der Waals surface area contributed by atoms with Gasteiger partial charge in [-0.25, -0.2) is 4.79 Å². The zero-order valence-corrected chi connectivity index (χ0v) is 14.2. The van der Waals surface area contributed by atoms with E-state index in [1.54, 1.807) is 37.4 Å². The number of nitriles is 1. The van der Waals surface area contributed by atoms with E-state index < -0.39 is 5.97 Å². The molecule has 0 spiro atoms. The molecule has 0 saturated carbocycles. The van der Waals surface area contributed by atoms with Crippen LogP contribution in [0.15, 0.2) is 48.5 Å². The van der Waals surface area contributed by atoms with E-state index in [4.69, 9.17) is 19.5 Å². The van der Waals surface area contributed by atoms with E-state index in [1.807, 2.05) is 31.2 Å². The molecule has 0 aliphatic rings. The zero-order valence-electron chi connectivity index (χ0n) is 14.2. The van der Waals surface area contributed by atoms with Crippen LogP contribution in [0.3, 0.4) is 0 Å². The number of carbonyl (C=O) groups is 1. The van der Waals surface area contributed by atoms with Crippen LogP contribution in [-0.4, -0.2) is 19.7 Å². The largest absolute Gasteiger partial charge is 0.493 e. The number of allylic oxidation sites excluding steroid dienone is 1. The lowest BCUT2D eigenvalue weighted by molar-refractivity contribution is -0.147. The molecule has 0 saturated heterocycles. The van der Waals surface area contributed by atoms with Gasteiger partial charge < -0.3 is 14.2 Å². The molecule has 0 N–H and O–H groups in total. The first-order valence-corrected chi connectivity index (χ1v) is 7.75. The third kappa shape index (κ3) is 5.11. The van der Waals surface area contributed by atoms with E-state index in [2.05, 4.69) is 6.07 Å². The highest BCUT2D eigenvalue weighted by molar-refractivity contribution is 5.71. The van der Waals surface area contributed by atoms with Crippen molar-refractivity contribution in [2.24, 2.45) is 0 Å². The normalized spacial score (nSPS) is 10.3. The predicted molar refractivity (Wildman–Crippen MR) is 94.2 cm³/mol. The van der Waals surface area contributed by atoms with Crippen LogP contribution in [-0.2, 0) is 16.1 Å². The van der Waals surface area contributed by atoms with Crippen LogP contribution in [0.5, 0.6) is 11.5 Å². The smallest absolute Gasteiger partial charge is 0.344 e. The van der Waals surface area contributed by atoms with Gasteiger partial charge in [-0.05, 0) is 30.7 Å². The van der Waals surface area contributed by atoms with Crippen LogP contribution in [0.1, 0.15) is 23.6 Å². The summed E-state index contributed by atoms with van der Waals surface area (Å²) in [6.07, 6.45) is 3.86. The molecule has 0 heterocycles. The highest BCUT2D eigenvalue weighted by Crippen LogP contribution is 2.28. The molecule has 25 heavy (non-hydrogen) atoms. The second kappa shape index (κ2) is 9.14. The number of esters is 1. The number of benzene rings is 2. The monoisotopic (exact) mass is 337 g/mol. The number of methoxy groups -OCH3 is 1. The fourth-order valence-electron chi connectivity index (χ4n) is 2.19. The van der Waals surface area contributed by atoms with Crippen molar-refractivity contribution in [3.05, 3.63) is 65.2 Å². The van der Waals surface area contributed by atoms with Crippen molar-refractivity contribution in [3.63, 3.8) is 0 Å². The van der Waals surface area contributed by atoms with Gasteiger partial charge in [0.25, 0.3) is 0 Å². The maximum absolute atomic E-state index is 11.9. The summed E-state index contributed by atoms with van der Waals surface area (Å²) in [6, 6.07) is 14.5. The van der Waals surface area contributed by atoms with Gasteiger partial charge in [0.15, 0.2) is 18.1 Å². The van der Waals surface area contributed by atoms with Crippen molar-refractivity contribution >= 4 is 12.0 Å². The van der Waals surface area contributed by atoms with E-state index in [-0.39, 0.29) is 13.2 Å². The molecule has 5 nitrogen and oxygen atoms in total. The van der Waals surface area contributed by atoms with E-state index >= 15 is 0 Å². The molecule has 2 rings (SSSR count). The van der Waals surface area contributed by atoms with Crippen molar-refractivity contribution in [2.75, 3.05) is 13.7 Å². The first-order valence-electron chi connectivity index (χ1n) is 7.75. The predicted octanol–water partition coefficient (Wildman–Crippen LogP) is 3.72. The Morgan fingerprint density at radius 2 is 2.00 bits per heavy atom. The van der Waals surface area contributed by atoms with Crippen molar-refractivity contribution in [1.29, 1.82) is 5.26 Å². The lowest BCUT2D eigenvalue weighted by Crippen LogP contribution is -2.15. The average molecular weight is 337 g/mol. The number of rotatable bonds is 7. The highest BCUT2D eigenvalue weighted by Gasteiger charge is 2.10. The van der Waals surface area contributed by atoms with E-state index in [0.717, 1.165) is 5.56 Å². The van der Waals surface area contributed by atoms with Crippen LogP contribution in [0, 0.1) is 11.3 Å². The van der Waals surface area contributed by atoms with Crippen LogP contribution >= 0.6 is 0 Å². The molecule has 0 amide bonds. The van der Waals surface area contributed by atoms with E-state index in [1.165, 1.54) is 0 Å². The number of hydrogen-bond donors (Lipinski definition) is 0. The number of hydrogen-bond acceptors (Lipinski definition) is 5. The number of ether oxygens (including phenoxy) is 3. The van der Waals surface area contributed by atoms with Gasteiger partial charge in [-0.2, -0.15) is 5.26 Å². The first kappa shape index (κ1) is 18.1. The van der Waals surface area contributed by atoms with Crippen molar-refractivity contribution < 1.29 is 19.0 Å². The van der Waals surface area contributed by atoms with Gasteiger partial charge >= 0.3 is 5.97 Å². The van der Waals surface area contributed by atoms with Gasteiger partial charge in [-0.3, -0.25) is 0 Å². The second-order valence-corrected chi connectivity index (χ2v) is 5.13. The van der Waals surface area contributed by atoms with Crippen molar-refractivity contribution in [3.8, 4) is 17.6 Å². The molecule has 128 valence electrons. The van der Waals surface area contributed by atoms with Crippen LogP contribution < -0.4 is 9.47 Å². The van der Waals surface area contributed by atoms with Gasteiger partial charge in [0, 0.05) is 5.56 Å². The second-order valence-electron chi connectivity index (χ2n) is 5.13. The van der Waals surface area contributed by atoms with Crippen LogP contribution in [0.4, 0.5) is 0 Å². The highest BCUT2D eigenvalue weighted by atomic mass is 16.6. The summed E-state index contributed by atoms with van der Waals surface area (Å²) in [7, 11) is 1.54. The van der Waals surface area contributed by atoms with Gasteiger partial charge in [-0.1, -0.05) is 36.4 Å². The standard InChI is InChI=1S/C20H19NO4/c1-3-6-15-9-10-18(19(11-15)23-2)24-14-20(22)25-13-17-8-5-4-7-16(17)12-21/h3-11H,13-14H2,1-2H3/b6-3+. The zero-order chi connectivity index (χ0) is 18.1. The van der Waals surface area contributed by atoms with E-state index in [0.29, 0.717) is 22.6 Å². The molecule has 0 aliphatic heterocycles. The SMILES string of the molecule is C/C=C/c1ccc(OCC(=O)OCc2ccccc2C#N)c(OC)c1. The maximum Gasteiger partial charge on any atom is 0.344 e. The Morgan fingerprint density at radius 1 is 1.20 bits per heavy atom. The van der Waals surface area contributed by atoms with Gasteiger partial charge in [0.2, 0.25) is 0 Å². The molecule has 0 atom stereocenters. The molecule has 0 unspecified atom stereocenters. The Labute approximate surface area is 147 Å². The molecular formula is C20H19NO4. The Bertz CT molecular complexity index is 806. The summed E-state index contributed by atoms with van der Waals surface area (Å²) in [5.41, 5.74) is 2.12. The quantitative estimate of drug-likeness (QED) is 0.720. The average Bonchev–Trinajstić information content (AvgIpc) is 2.65. The third-order valence-corrected chi connectivity index (χ3v) is 3.42. The minimum atomic E-state index is -0.521. The summed E-state index contributed by atoms with van der Waals surface area (Å²) in [5, 5.41) is 9.02. The van der Waals surface area contributed by atoms with Gasteiger partial charge in [-0.15, -0.1) is 0 Å². The topological polar surface area (TPSA) is 68.5 Å². The first-order chi connectivity index (χ1) is 12.2. The molecule has 0 fully saturated rings. The molecule has 2 aromatic carbocycles. The van der Waals surface area contributed by atoms with Gasteiger partial charge in [0.05, 0.1) is 18.7 Å². The Hall–Kier alpha value is -3.26. The lowest BCUT2D eigenvalue weighted by Gasteiger charge is -2.11. The summed E-state index contributed by atoms with van der Waals surface area (Å²) < 4.78 is 15.9. The summed E-state index contributed by atoms with van der Waals surface area (Å²) in [5.74, 6) is 0.482. The third-order valence-electron chi connectivity index (χ3n) is 3.42. The molecule has 0 bridgehead atoms. The summed E-state index contributed by atoms with van der Waals surface area (Å²) in [6.45, 7) is 1.72. The maximum atomic E-state index is 11.9. The fourth-order valence-corrected chi connectivity index (χ4v) is 2.19. The Morgan fingerprint density at radius 3 is 2.72 bits per heavy atom. The van der Waals surface area contributed by atoms with Crippen molar-refractivity contribution in [2.45, 2.75) is 13.5 Å². The Kier molecular flexibility index (Phi) is 6.61.